The van der Waals surface area contributed by atoms with Crippen molar-refractivity contribution in [3.05, 3.63) is 129 Å². The van der Waals surface area contributed by atoms with E-state index in [0.29, 0.717) is 22.7 Å². The van der Waals surface area contributed by atoms with Gasteiger partial charge in [0.2, 0.25) is 0 Å². The summed E-state index contributed by atoms with van der Waals surface area (Å²) < 4.78 is 63.9. The predicted octanol–water partition coefficient (Wildman–Crippen LogP) is 6.24. The van der Waals surface area contributed by atoms with Crippen LogP contribution in [0.3, 0.4) is 0 Å². The molecular formula is C31H26ClF3N4O5S. The van der Waals surface area contributed by atoms with Gasteiger partial charge in [0.1, 0.15) is 18.0 Å². The summed E-state index contributed by atoms with van der Waals surface area (Å²) in [5.41, 5.74) is 8.69. The van der Waals surface area contributed by atoms with Crippen molar-refractivity contribution in [1.29, 1.82) is 5.41 Å². The zero-order chi connectivity index (χ0) is 32.7. The third-order valence-corrected chi connectivity index (χ3v) is 8.23. The third kappa shape index (κ3) is 6.66. The van der Waals surface area contributed by atoms with E-state index in [1.54, 1.807) is 12.1 Å². The van der Waals surface area contributed by atoms with Crippen LogP contribution in [0, 0.1) is 5.41 Å². The standard InChI is InChI=1S/C30H25ClN4O2.CHF3O3S/c1-35(21-4-2-3-20(31)14-21)22-10-12-24-26(15-22)28-25-13-19(9-11-23(25)27(24)37-28)30(36)34-16-17-5-7-18(8-6-17)29(32)33;2-1(3,4)8(5,6)7/h2-15,27-28H,16H2,1H3,(H3,32,33)(H,34,36);(H,5,6,7)/t27-,28+;/m1./s1. The monoisotopic (exact) mass is 658 g/mol. The maximum absolute atomic E-state index is 12.9. The minimum absolute atomic E-state index is 0.0232. The lowest BCUT2D eigenvalue weighted by molar-refractivity contribution is -0.0510. The van der Waals surface area contributed by atoms with Crippen molar-refractivity contribution in [2.24, 2.45) is 5.73 Å². The molecule has 0 unspecified atom stereocenters. The molecular weight excluding hydrogens is 633 g/mol. The first-order valence-corrected chi connectivity index (χ1v) is 15.1. The molecule has 0 saturated heterocycles. The third-order valence-electron chi connectivity index (χ3n) is 7.41. The van der Waals surface area contributed by atoms with Gasteiger partial charge in [-0.15, -0.1) is 0 Å². The molecule has 4 aromatic carbocycles. The number of carbonyl (C=O) groups is 1. The number of nitrogens with one attached hydrogen (secondary N) is 2. The number of anilines is 2. The van der Waals surface area contributed by atoms with Gasteiger partial charge in [-0.25, -0.2) is 0 Å². The predicted molar refractivity (Wildman–Crippen MR) is 163 cm³/mol. The molecule has 0 aliphatic carbocycles. The van der Waals surface area contributed by atoms with Crippen molar-refractivity contribution in [3.8, 4) is 0 Å². The number of rotatable bonds is 6. The van der Waals surface area contributed by atoms with E-state index in [1.807, 2.05) is 61.6 Å². The van der Waals surface area contributed by atoms with E-state index in [1.165, 1.54) is 5.56 Å². The van der Waals surface area contributed by atoms with Gasteiger partial charge in [-0.05, 0) is 70.3 Å². The van der Waals surface area contributed by atoms with E-state index < -0.39 is 15.6 Å². The number of amides is 1. The second-order valence-electron chi connectivity index (χ2n) is 10.3. The Hall–Kier alpha value is -4.43. The van der Waals surface area contributed by atoms with Gasteiger partial charge in [-0.2, -0.15) is 21.6 Å². The highest BCUT2D eigenvalue weighted by molar-refractivity contribution is 7.86. The van der Waals surface area contributed by atoms with Crippen LogP contribution in [0.25, 0.3) is 0 Å². The fourth-order valence-corrected chi connectivity index (χ4v) is 5.29. The number of ether oxygens (including phenoxy) is 1. The number of benzene rings is 4. The zero-order valence-electron chi connectivity index (χ0n) is 23.5. The van der Waals surface area contributed by atoms with Crippen LogP contribution >= 0.6 is 11.6 Å². The van der Waals surface area contributed by atoms with E-state index in [-0.39, 0.29) is 24.0 Å². The minimum Gasteiger partial charge on any atom is -0.384 e. The number of nitrogens with zero attached hydrogens (tertiary/aromatic N) is 1. The Kier molecular flexibility index (Phi) is 8.64. The van der Waals surface area contributed by atoms with Crippen LogP contribution < -0.4 is 16.0 Å². The molecule has 2 aliphatic rings. The maximum Gasteiger partial charge on any atom is 0.522 e. The average Bonchev–Trinajstić information content (AvgIpc) is 3.56. The quantitative estimate of drug-likeness (QED) is 0.0831. The maximum atomic E-state index is 12.9. The van der Waals surface area contributed by atoms with Crippen molar-refractivity contribution in [2.45, 2.75) is 24.3 Å². The molecule has 2 bridgehead atoms. The largest absolute Gasteiger partial charge is 0.522 e. The van der Waals surface area contributed by atoms with Crippen molar-refractivity contribution in [3.63, 3.8) is 0 Å². The first-order valence-electron chi connectivity index (χ1n) is 13.3. The van der Waals surface area contributed by atoms with Crippen LogP contribution in [0.5, 0.6) is 0 Å². The molecule has 9 nitrogen and oxygen atoms in total. The summed E-state index contributed by atoms with van der Waals surface area (Å²) in [6.07, 6.45) is -0.313. The highest BCUT2D eigenvalue weighted by atomic mass is 35.5. The van der Waals surface area contributed by atoms with E-state index >= 15 is 0 Å². The molecule has 0 spiro atoms. The zero-order valence-corrected chi connectivity index (χ0v) is 25.0. The molecule has 0 saturated carbocycles. The topological polar surface area (TPSA) is 146 Å². The lowest BCUT2D eigenvalue weighted by atomic mass is 9.85. The fraction of sp³-hybridized carbons (Fsp3) is 0.161. The van der Waals surface area contributed by atoms with Crippen LogP contribution in [0.2, 0.25) is 5.02 Å². The Morgan fingerprint density at radius 3 is 2.09 bits per heavy atom. The molecule has 0 radical (unpaired) electrons. The summed E-state index contributed by atoms with van der Waals surface area (Å²) in [7, 11) is -3.82. The van der Waals surface area contributed by atoms with Gasteiger partial charge in [0.25, 0.3) is 5.91 Å². The van der Waals surface area contributed by atoms with Crippen molar-refractivity contribution >= 4 is 44.8 Å². The Morgan fingerprint density at radius 2 is 1.49 bits per heavy atom. The van der Waals surface area contributed by atoms with Crippen molar-refractivity contribution < 1.29 is 35.7 Å². The first kappa shape index (κ1) is 32.0. The molecule has 45 heavy (non-hydrogen) atoms. The van der Waals surface area contributed by atoms with E-state index in [9.17, 15) is 18.0 Å². The fourth-order valence-electron chi connectivity index (χ4n) is 5.10. The first-order chi connectivity index (χ1) is 21.1. The number of hydrogen-bond donors (Lipinski definition) is 4. The van der Waals surface area contributed by atoms with E-state index in [2.05, 4.69) is 28.4 Å². The molecule has 2 atom stereocenters. The van der Waals surface area contributed by atoms with Crippen LogP contribution in [0.1, 0.15) is 55.9 Å². The van der Waals surface area contributed by atoms with Crippen LogP contribution in [-0.2, 0) is 21.4 Å². The molecule has 6 rings (SSSR count). The second kappa shape index (κ2) is 12.2. The molecule has 4 aromatic rings. The van der Waals surface area contributed by atoms with E-state index in [0.717, 1.165) is 33.6 Å². The number of nitrogen functional groups attached to an aromatic ring is 1. The molecule has 0 aromatic heterocycles. The van der Waals surface area contributed by atoms with Gasteiger partial charge in [0, 0.05) is 41.1 Å². The lowest BCUT2D eigenvalue weighted by Gasteiger charge is -2.23. The van der Waals surface area contributed by atoms with Gasteiger partial charge >= 0.3 is 15.6 Å². The number of alkyl halides is 3. The number of halogens is 4. The average molecular weight is 659 g/mol. The van der Waals surface area contributed by atoms with Gasteiger partial charge in [-0.1, -0.05) is 54.1 Å². The highest BCUT2D eigenvalue weighted by Gasteiger charge is 2.44. The van der Waals surface area contributed by atoms with Crippen LogP contribution in [0.15, 0.2) is 84.9 Å². The van der Waals surface area contributed by atoms with Crippen LogP contribution in [-0.4, -0.2) is 37.3 Å². The molecule has 2 heterocycles. The van der Waals surface area contributed by atoms with Gasteiger partial charge in [-0.3, -0.25) is 14.8 Å². The molecule has 14 heteroatoms. The molecule has 0 fully saturated rings. The Balaban J connectivity index is 0.000000444. The second-order valence-corrected chi connectivity index (χ2v) is 12.2. The van der Waals surface area contributed by atoms with E-state index in [4.69, 9.17) is 40.5 Å². The normalized spacial score (nSPS) is 16.2. The Morgan fingerprint density at radius 1 is 0.933 bits per heavy atom. The molecule has 1 amide bonds. The van der Waals surface area contributed by atoms with Gasteiger partial charge in [0.15, 0.2) is 0 Å². The Bertz CT molecular complexity index is 1900. The summed E-state index contributed by atoms with van der Waals surface area (Å²) in [6, 6.07) is 27.3. The number of nitrogens with two attached hydrogens (primary N) is 1. The summed E-state index contributed by atoms with van der Waals surface area (Å²) in [6.45, 7) is 0.388. The minimum atomic E-state index is -5.84. The van der Waals surface area contributed by atoms with Gasteiger partial charge in [0.05, 0.1) is 0 Å². The summed E-state index contributed by atoms with van der Waals surface area (Å²) >= 11 is 6.20. The molecule has 2 aliphatic heterocycles. The van der Waals surface area contributed by atoms with Crippen molar-refractivity contribution in [1.82, 2.24) is 5.32 Å². The number of carbonyl (C=O) groups excluding carboxylic acids is 1. The molecule has 234 valence electrons. The smallest absolute Gasteiger partial charge is 0.384 e. The van der Waals surface area contributed by atoms with Crippen LogP contribution in [0.4, 0.5) is 24.5 Å². The summed E-state index contributed by atoms with van der Waals surface area (Å²) in [4.78, 5) is 15.1. The summed E-state index contributed by atoms with van der Waals surface area (Å²) in [5, 5.41) is 11.2. The number of hydrogen-bond acceptors (Lipinski definition) is 6. The van der Waals surface area contributed by atoms with Crippen molar-refractivity contribution in [2.75, 3.05) is 11.9 Å². The Labute approximate surface area is 261 Å². The molecule has 5 N–H and O–H groups in total. The number of fused-ring (bicyclic) bond motifs is 8. The highest BCUT2D eigenvalue weighted by Crippen LogP contribution is 2.55. The SMILES string of the molecule is CN(c1cccc(Cl)c1)c1ccc2c(c1)[C@H]1O[C@@H]2c2ccc(C(=O)NCc3ccc(C(=N)N)cc3)cc21.O=S(=O)(O)C(F)(F)F. The number of amidine groups is 1. The lowest BCUT2D eigenvalue weighted by Crippen LogP contribution is -2.23. The summed E-state index contributed by atoms with van der Waals surface area (Å²) in [5.74, 6) is -0.120. The van der Waals surface area contributed by atoms with Gasteiger partial charge < -0.3 is 20.7 Å².